The molecule has 100 valence electrons. The summed E-state index contributed by atoms with van der Waals surface area (Å²) in [6, 6.07) is 13.2. The number of ether oxygens (including phenoxy) is 1. The predicted octanol–water partition coefficient (Wildman–Crippen LogP) is 3.15. The molecule has 0 bridgehead atoms. The van der Waals surface area contributed by atoms with Gasteiger partial charge in [-0.25, -0.2) is 0 Å². The third-order valence-electron chi connectivity index (χ3n) is 2.73. The topological polar surface area (TPSA) is 26.3 Å². The van der Waals surface area contributed by atoms with Crippen LogP contribution in [0.1, 0.15) is 15.9 Å². The van der Waals surface area contributed by atoms with E-state index in [1.807, 2.05) is 31.2 Å². The second-order valence-electron chi connectivity index (χ2n) is 4.14. The number of carbonyl (C=O) groups is 1. The first-order chi connectivity index (χ1) is 9.11. The van der Waals surface area contributed by atoms with E-state index in [2.05, 4.69) is 0 Å². The normalized spacial score (nSPS) is 10.3. The van der Waals surface area contributed by atoms with E-state index < -0.39 is 0 Å². The average Bonchev–Trinajstić information content (AvgIpc) is 2.40. The molecule has 0 radical (unpaired) electrons. The van der Waals surface area contributed by atoms with E-state index in [1.54, 1.807) is 18.2 Å². The molecule has 0 N–H and O–H groups in total. The van der Waals surface area contributed by atoms with E-state index in [-0.39, 0.29) is 33.0 Å². The molecule has 0 fully saturated rings. The van der Waals surface area contributed by atoms with Gasteiger partial charge in [0.25, 0.3) is 0 Å². The molecule has 1 unspecified atom stereocenters. The molecule has 0 spiro atoms. The number of hydrogen-bond acceptors (Lipinski definition) is 2. The van der Waals surface area contributed by atoms with Crippen LogP contribution < -0.4 is 10.0 Å². The summed E-state index contributed by atoms with van der Waals surface area (Å²) in [5.74, 6) is 0.525. The summed E-state index contributed by atoms with van der Waals surface area (Å²) in [4.78, 5) is 12.3. The van der Waals surface area contributed by atoms with Crippen molar-refractivity contribution in [1.29, 1.82) is 0 Å². The van der Waals surface area contributed by atoms with E-state index in [1.165, 1.54) is 12.7 Å². The molecule has 0 amide bonds. The van der Waals surface area contributed by atoms with Gasteiger partial charge in [-0.1, -0.05) is 47.5 Å². The van der Waals surface area contributed by atoms with Crippen LogP contribution in [0.15, 0.2) is 42.5 Å². The second-order valence-corrected chi connectivity index (χ2v) is 5.83. The van der Waals surface area contributed by atoms with Gasteiger partial charge in [0.2, 0.25) is 0 Å². The van der Waals surface area contributed by atoms with Crippen molar-refractivity contribution in [2.45, 2.75) is 6.92 Å². The van der Waals surface area contributed by atoms with Gasteiger partial charge in [-0.05, 0) is 32.9 Å². The Kier molecular flexibility index (Phi) is 6.79. The van der Waals surface area contributed by atoms with Gasteiger partial charge >= 0.3 is 18.9 Å². The quantitative estimate of drug-likeness (QED) is 0.640. The number of benzene rings is 2. The molecule has 5 heteroatoms. The molecule has 2 aromatic rings. The second kappa shape index (κ2) is 7.86. The van der Waals surface area contributed by atoms with Crippen molar-refractivity contribution in [3.63, 3.8) is 0 Å². The molecule has 2 aromatic carbocycles. The third-order valence-corrected chi connectivity index (χ3v) is 4.15. The number of methoxy groups -OCH3 is 1. The maximum absolute atomic E-state index is 12.3. The Labute approximate surface area is 137 Å². The zero-order valence-electron chi connectivity index (χ0n) is 10.7. The SMILES string of the molecule is COc1cccc(Cl)c1C(=O)Pc1ccc(C)cc1.[LiH]. The minimum absolute atomic E-state index is 0. The van der Waals surface area contributed by atoms with Crippen LogP contribution in [0.25, 0.3) is 0 Å². The van der Waals surface area contributed by atoms with Crippen molar-refractivity contribution < 1.29 is 9.53 Å². The van der Waals surface area contributed by atoms with Crippen LogP contribution in [0, 0.1) is 6.92 Å². The summed E-state index contributed by atoms with van der Waals surface area (Å²) in [5, 5.41) is 1.43. The zero-order valence-corrected chi connectivity index (χ0v) is 12.5. The monoisotopic (exact) mass is 300 g/mol. The van der Waals surface area contributed by atoms with Crippen LogP contribution in [0.4, 0.5) is 0 Å². The van der Waals surface area contributed by atoms with Crippen LogP contribution in [0.3, 0.4) is 0 Å². The number of halogens is 1. The van der Waals surface area contributed by atoms with E-state index in [0.717, 1.165) is 5.30 Å². The molecule has 2 nitrogen and oxygen atoms in total. The molecule has 0 aliphatic rings. The van der Waals surface area contributed by atoms with Gasteiger partial charge in [-0.3, -0.25) is 4.79 Å². The Morgan fingerprint density at radius 3 is 2.40 bits per heavy atom. The van der Waals surface area contributed by atoms with E-state index in [0.29, 0.717) is 16.3 Å². The van der Waals surface area contributed by atoms with Gasteiger partial charge in [-0.15, -0.1) is 0 Å². The van der Waals surface area contributed by atoms with Crippen LogP contribution in [0.2, 0.25) is 5.02 Å². The summed E-state index contributed by atoms with van der Waals surface area (Å²) >= 11 is 6.10. The minimum atomic E-state index is -0.00805. The maximum atomic E-state index is 12.3. The summed E-state index contributed by atoms with van der Waals surface area (Å²) in [6.07, 6.45) is 0. The van der Waals surface area contributed by atoms with Crippen LogP contribution >= 0.6 is 20.2 Å². The van der Waals surface area contributed by atoms with Crippen LogP contribution in [-0.4, -0.2) is 31.5 Å². The predicted molar refractivity (Wildman–Crippen MR) is 88.6 cm³/mol. The molecule has 2 rings (SSSR count). The molecular formula is C15H15ClLiO2P. The molecule has 0 aliphatic carbocycles. The molecule has 1 atom stereocenters. The summed E-state index contributed by atoms with van der Waals surface area (Å²) in [5.41, 5.74) is 1.63. The Morgan fingerprint density at radius 2 is 1.80 bits per heavy atom. The molecule has 0 aromatic heterocycles. The Balaban J connectivity index is 0.00000200. The average molecular weight is 301 g/mol. The van der Waals surface area contributed by atoms with Crippen molar-refractivity contribution in [2.75, 3.05) is 7.11 Å². The molecular weight excluding hydrogens is 286 g/mol. The molecule has 0 heterocycles. The van der Waals surface area contributed by atoms with Crippen molar-refractivity contribution in [2.24, 2.45) is 0 Å². The third kappa shape index (κ3) is 4.11. The number of carbonyl (C=O) groups excluding carboxylic acids is 1. The van der Waals surface area contributed by atoms with E-state index in [9.17, 15) is 4.79 Å². The van der Waals surface area contributed by atoms with Gasteiger partial charge in [0.1, 0.15) is 5.75 Å². The first kappa shape index (κ1) is 17.3. The summed E-state index contributed by atoms with van der Waals surface area (Å²) < 4.78 is 5.20. The van der Waals surface area contributed by atoms with Crippen molar-refractivity contribution in [3.8, 4) is 5.75 Å². The summed E-state index contributed by atoms with van der Waals surface area (Å²) in [6.45, 7) is 2.02. The van der Waals surface area contributed by atoms with Gasteiger partial charge in [0.15, 0.2) is 5.52 Å². The zero-order chi connectivity index (χ0) is 13.8. The van der Waals surface area contributed by atoms with Crippen LogP contribution in [-0.2, 0) is 0 Å². The fraction of sp³-hybridized carbons (Fsp3) is 0.133. The van der Waals surface area contributed by atoms with Gasteiger partial charge in [0.05, 0.1) is 17.7 Å². The van der Waals surface area contributed by atoms with Gasteiger partial charge in [-0.2, -0.15) is 0 Å². The first-order valence-electron chi connectivity index (χ1n) is 5.82. The van der Waals surface area contributed by atoms with Crippen LogP contribution in [0.5, 0.6) is 5.75 Å². The number of aryl methyl sites for hydroxylation is 1. The Bertz CT molecular complexity index is 599. The van der Waals surface area contributed by atoms with Crippen molar-refractivity contribution in [3.05, 3.63) is 58.6 Å². The van der Waals surface area contributed by atoms with Gasteiger partial charge in [0, 0.05) is 0 Å². The number of hydrogen-bond donors (Lipinski definition) is 0. The van der Waals surface area contributed by atoms with E-state index in [4.69, 9.17) is 16.3 Å². The van der Waals surface area contributed by atoms with Gasteiger partial charge < -0.3 is 4.74 Å². The fourth-order valence-electron chi connectivity index (χ4n) is 1.73. The molecule has 0 aliphatic heterocycles. The molecule has 20 heavy (non-hydrogen) atoms. The fourth-order valence-corrected chi connectivity index (χ4v) is 3.03. The van der Waals surface area contributed by atoms with E-state index >= 15 is 0 Å². The standard InChI is InChI=1S/C15H14ClO2P.Li.H/c1-10-6-8-11(9-7-10)19-15(17)14-12(16)4-3-5-13(14)18-2;;/h3-9,19H,1-2H3;;. The molecule has 0 saturated heterocycles. The number of rotatable bonds is 4. The Morgan fingerprint density at radius 1 is 1.15 bits per heavy atom. The van der Waals surface area contributed by atoms with Crippen molar-refractivity contribution >= 4 is 49.9 Å². The Hall–Kier alpha value is -0.773. The first-order valence-corrected chi connectivity index (χ1v) is 7.20. The molecule has 0 saturated carbocycles. The van der Waals surface area contributed by atoms with Crippen molar-refractivity contribution in [1.82, 2.24) is 0 Å². The summed E-state index contributed by atoms with van der Waals surface area (Å²) in [7, 11) is 1.58.